The number of anilines is 4. The van der Waals surface area contributed by atoms with Crippen LogP contribution in [-0.4, -0.2) is 60.3 Å². The Hall–Kier alpha value is -3.88. The predicted molar refractivity (Wildman–Crippen MR) is 139 cm³/mol. The SMILES string of the molecule is CCC(Cc1ccc(OCCN(C)c2nc(Nc3ccc(C)cc3)nc(N(C)C)n2)cc1)C(=O)O. The molecule has 3 rings (SSSR count). The fourth-order valence-corrected chi connectivity index (χ4v) is 3.36. The summed E-state index contributed by atoms with van der Waals surface area (Å²) in [5.74, 6) is 1.17. The minimum atomic E-state index is -0.760. The van der Waals surface area contributed by atoms with E-state index < -0.39 is 5.97 Å². The minimum absolute atomic E-state index is 0.367. The van der Waals surface area contributed by atoms with Crippen molar-refractivity contribution in [2.75, 3.05) is 49.4 Å². The van der Waals surface area contributed by atoms with E-state index in [0.717, 1.165) is 17.0 Å². The van der Waals surface area contributed by atoms with Gasteiger partial charge in [-0.05, 0) is 49.6 Å². The van der Waals surface area contributed by atoms with Gasteiger partial charge in [0.05, 0.1) is 12.5 Å². The van der Waals surface area contributed by atoms with Crippen LogP contribution in [0, 0.1) is 12.8 Å². The highest BCUT2D eigenvalue weighted by atomic mass is 16.5. The number of benzene rings is 2. The molecule has 0 bridgehead atoms. The van der Waals surface area contributed by atoms with E-state index in [2.05, 4.69) is 20.3 Å². The first-order valence-corrected chi connectivity index (χ1v) is 11.7. The van der Waals surface area contributed by atoms with Gasteiger partial charge in [0.25, 0.3) is 0 Å². The number of carboxylic acid groups (broad SMARTS) is 1. The van der Waals surface area contributed by atoms with Gasteiger partial charge in [0, 0.05) is 26.8 Å². The van der Waals surface area contributed by atoms with Gasteiger partial charge in [-0.3, -0.25) is 4.79 Å². The monoisotopic (exact) mass is 478 g/mol. The molecule has 186 valence electrons. The van der Waals surface area contributed by atoms with Crippen molar-refractivity contribution in [2.24, 2.45) is 5.92 Å². The Bertz CT molecular complexity index is 1100. The summed E-state index contributed by atoms with van der Waals surface area (Å²) < 4.78 is 5.89. The molecule has 1 unspecified atom stereocenters. The molecular formula is C26H34N6O3. The molecule has 0 amide bonds. The summed E-state index contributed by atoms with van der Waals surface area (Å²) >= 11 is 0. The fraction of sp³-hybridized carbons (Fsp3) is 0.385. The van der Waals surface area contributed by atoms with Crippen LogP contribution in [0.5, 0.6) is 5.75 Å². The molecule has 2 N–H and O–H groups in total. The number of hydrogen-bond acceptors (Lipinski definition) is 8. The van der Waals surface area contributed by atoms with Gasteiger partial charge < -0.3 is 25.0 Å². The van der Waals surface area contributed by atoms with Crippen molar-refractivity contribution in [2.45, 2.75) is 26.7 Å². The lowest BCUT2D eigenvalue weighted by Gasteiger charge is -2.20. The first kappa shape index (κ1) is 25.7. The maximum absolute atomic E-state index is 11.3. The number of aryl methyl sites for hydroxylation is 1. The second kappa shape index (κ2) is 12.0. The van der Waals surface area contributed by atoms with Crippen LogP contribution in [0.3, 0.4) is 0 Å². The summed E-state index contributed by atoms with van der Waals surface area (Å²) in [6.45, 7) is 4.94. The zero-order valence-electron chi connectivity index (χ0n) is 21.0. The van der Waals surface area contributed by atoms with Crippen LogP contribution in [0.15, 0.2) is 48.5 Å². The lowest BCUT2D eigenvalue weighted by molar-refractivity contribution is -0.141. The van der Waals surface area contributed by atoms with E-state index in [1.165, 1.54) is 5.56 Å². The third kappa shape index (κ3) is 7.56. The third-order valence-electron chi connectivity index (χ3n) is 5.60. The molecule has 2 aromatic carbocycles. The smallest absolute Gasteiger partial charge is 0.306 e. The standard InChI is InChI=1S/C26H34N6O3/c1-6-20(23(33)34)17-19-9-13-22(14-10-19)35-16-15-32(5)26-29-24(28-25(30-26)31(3)4)27-21-11-7-18(2)8-12-21/h7-14,20H,6,15-17H2,1-5H3,(H,33,34)(H,27,28,29,30). The van der Waals surface area contributed by atoms with Crippen LogP contribution in [0.25, 0.3) is 0 Å². The Kier molecular flexibility index (Phi) is 8.83. The first-order chi connectivity index (χ1) is 16.7. The maximum Gasteiger partial charge on any atom is 0.306 e. The number of ether oxygens (including phenoxy) is 1. The van der Waals surface area contributed by atoms with E-state index in [9.17, 15) is 9.90 Å². The molecule has 0 aliphatic heterocycles. The second-order valence-corrected chi connectivity index (χ2v) is 8.71. The average Bonchev–Trinajstić information content (AvgIpc) is 2.84. The zero-order valence-corrected chi connectivity index (χ0v) is 21.0. The summed E-state index contributed by atoms with van der Waals surface area (Å²) in [7, 11) is 5.69. The van der Waals surface area contributed by atoms with E-state index >= 15 is 0 Å². The van der Waals surface area contributed by atoms with E-state index in [1.807, 2.05) is 93.3 Å². The number of carbonyl (C=O) groups is 1. The molecular weight excluding hydrogens is 444 g/mol. The molecule has 0 saturated heterocycles. The summed E-state index contributed by atoms with van der Waals surface area (Å²) in [6.07, 6.45) is 1.12. The van der Waals surface area contributed by atoms with Crippen molar-refractivity contribution in [1.82, 2.24) is 15.0 Å². The topological polar surface area (TPSA) is 104 Å². The summed E-state index contributed by atoms with van der Waals surface area (Å²) in [6, 6.07) is 15.6. The van der Waals surface area contributed by atoms with Crippen molar-refractivity contribution in [1.29, 1.82) is 0 Å². The Morgan fingerprint density at radius 1 is 1.00 bits per heavy atom. The third-order valence-corrected chi connectivity index (χ3v) is 5.60. The zero-order chi connectivity index (χ0) is 25.4. The van der Waals surface area contributed by atoms with E-state index in [4.69, 9.17) is 4.74 Å². The fourth-order valence-electron chi connectivity index (χ4n) is 3.36. The van der Waals surface area contributed by atoms with Gasteiger partial charge >= 0.3 is 5.97 Å². The normalized spacial score (nSPS) is 11.6. The highest BCUT2D eigenvalue weighted by Gasteiger charge is 2.16. The number of likely N-dealkylation sites (N-methyl/N-ethyl adjacent to an activating group) is 1. The lowest BCUT2D eigenvalue weighted by Crippen LogP contribution is -2.27. The van der Waals surface area contributed by atoms with Crippen LogP contribution in [0.4, 0.5) is 23.5 Å². The average molecular weight is 479 g/mol. The second-order valence-electron chi connectivity index (χ2n) is 8.71. The molecule has 9 nitrogen and oxygen atoms in total. The summed E-state index contributed by atoms with van der Waals surface area (Å²) in [4.78, 5) is 28.7. The number of aromatic nitrogens is 3. The Morgan fingerprint density at radius 2 is 1.66 bits per heavy atom. The molecule has 0 spiro atoms. The predicted octanol–water partition coefficient (Wildman–Crippen LogP) is 4.16. The molecule has 0 aliphatic carbocycles. The van der Waals surface area contributed by atoms with Gasteiger partial charge in [-0.15, -0.1) is 0 Å². The van der Waals surface area contributed by atoms with E-state index in [-0.39, 0.29) is 5.92 Å². The highest BCUT2D eigenvalue weighted by molar-refractivity contribution is 5.70. The number of hydrogen-bond donors (Lipinski definition) is 2. The Morgan fingerprint density at radius 3 is 2.26 bits per heavy atom. The molecule has 0 radical (unpaired) electrons. The van der Waals surface area contributed by atoms with Crippen molar-refractivity contribution in [3.8, 4) is 5.75 Å². The van der Waals surface area contributed by atoms with Crippen LogP contribution in [-0.2, 0) is 11.2 Å². The molecule has 35 heavy (non-hydrogen) atoms. The van der Waals surface area contributed by atoms with Crippen LogP contribution >= 0.6 is 0 Å². The van der Waals surface area contributed by atoms with Gasteiger partial charge in [-0.25, -0.2) is 0 Å². The minimum Gasteiger partial charge on any atom is -0.492 e. The number of carboxylic acids is 1. The van der Waals surface area contributed by atoms with Crippen LogP contribution in [0.2, 0.25) is 0 Å². The largest absolute Gasteiger partial charge is 0.492 e. The Balaban J connectivity index is 1.60. The highest BCUT2D eigenvalue weighted by Crippen LogP contribution is 2.20. The van der Waals surface area contributed by atoms with Crippen molar-refractivity contribution < 1.29 is 14.6 Å². The molecule has 1 heterocycles. The molecule has 3 aromatic rings. The number of aliphatic carboxylic acids is 1. The maximum atomic E-state index is 11.3. The molecule has 0 saturated carbocycles. The van der Waals surface area contributed by atoms with Gasteiger partial charge in [0.2, 0.25) is 17.8 Å². The quantitative estimate of drug-likeness (QED) is 0.397. The molecule has 1 atom stereocenters. The van der Waals surface area contributed by atoms with E-state index in [0.29, 0.717) is 43.8 Å². The van der Waals surface area contributed by atoms with Crippen LogP contribution < -0.4 is 19.9 Å². The Labute approximate surface area is 206 Å². The van der Waals surface area contributed by atoms with Gasteiger partial charge in [0.1, 0.15) is 12.4 Å². The number of nitrogens with zero attached hydrogens (tertiary/aromatic N) is 5. The van der Waals surface area contributed by atoms with E-state index in [1.54, 1.807) is 0 Å². The van der Waals surface area contributed by atoms with Crippen molar-refractivity contribution >= 4 is 29.5 Å². The van der Waals surface area contributed by atoms with Crippen molar-refractivity contribution in [3.05, 3.63) is 59.7 Å². The van der Waals surface area contributed by atoms with Gasteiger partial charge in [0.15, 0.2) is 0 Å². The molecule has 0 fully saturated rings. The molecule has 9 heteroatoms. The van der Waals surface area contributed by atoms with Gasteiger partial charge in [-0.1, -0.05) is 36.8 Å². The first-order valence-electron chi connectivity index (χ1n) is 11.7. The summed E-state index contributed by atoms with van der Waals surface area (Å²) in [5, 5.41) is 12.5. The van der Waals surface area contributed by atoms with Crippen molar-refractivity contribution in [3.63, 3.8) is 0 Å². The number of rotatable bonds is 12. The summed E-state index contributed by atoms with van der Waals surface area (Å²) in [5.41, 5.74) is 3.07. The van der Waals surface area contributed by atoms with Gasteiger partial charge in [-0.2, -0.15) is 15.0 Å². The lowest BCUT2D eigenvalue weighted by atomic mass is 9.97. The van der Waals surface area contributed by atoms with Crippen LogP contribution in [0.1, 0.15) is 24.5 Å². The molecule has 1 aromatic heterocycles. The number of nitrogens with one attached hydrogen (secondary N) is 1. The molecule has 0 aliphatic rings.